The molecule has 0 unspecified atom stereocenters. The van der Waals surface area contributed by atoms with Crippen molar-refractivity contribution in [2.24, 2.45) is 14.1 Å². The predicted molar refractivity (Wildman–Crippen MR) is 108 cm³/mol. The summed E-state index contributed by atoms with van der Waals surface area (Å²) in [5.74, 6) is -1.49. The van der Waals surface area contributed by atoms with Crippen LogP contribution in [-0.4, -0.2) is 27.6 Å². The van der Waals surface area contributed by atoms with Crippen molar-refractivity contribution in [3.05, 3.63) is 60.0 Å². The third-order valence-electron chi connectivity index (χ3n) is 3.90. The Bertz CT molecular complexity index is 1230. The van der Waals surface area contributed by atoms with E-state index in [2.05, 4.69) is 5.32 Å². The molecule has 1 aromatic carbocycles. The largest absolute Gasteiger partial charge is 0.451 e. The molecule has 8 nitrogen and oxygen atoms in total. The van der Waals surface area contributed by atoms with Crippen LogP contribution in [0.3, 0.4) is 0 Å². The second-order valence-electron chi connectivity index (χ2n) is 5.78. The number of benzene rings is 1. The molecule has 3 rings (SSSR count). The monoisotopic (exact) mass is 441 g/mol. The Balaban J connectivity index is 1.72. The maximum atomic E-state index is 12.3. The van der Waals surface area contributed by atoms with Gasteiger partial charge in [0.2, 0.25) is 0 Å². The highest BCUT2D eigenvalue weighted by molar-refractivity contribution is 7.21. The van der Waals surface area contributed by atoms with Crippen LogP contribution >= 0.6 is 34.5 Å². The van der Waals surface area contributed by atoms with Crippen LogP contribution in [0.4, 0.5) is 5.82 Å². The number of rotatable bonds is 4. The molecule has 0 aliphatic heterocycles. The van der Waals surface area contributed by atoms with Crippen LogP contribution in [0.15, 0.2) is 33.9 Å². The van der Waals surface area contributed by atoms with Crippen molar-refractivity contribution < 1.29 is 14.3 Å². The highest BCUT2D eigenvalue weighted by Crippen LogP contribution is 2.37. The highest BCUT2D eigenvalue weighted by Gasteiger charge is 2.20. The number of nitrogens with zero attached hydrogens (tertiary/aromatic N) is 2. The average molecular weight is 442 g/mol. The van der Waals surface area contributed by atoms with Gasteiger partial charge in [-0.1, -0.05) is 29.3 Å². The van der Waals surface area contributed by atoms with Crippen LogP contribution < -0.4 is 16.6 Å². The first kappa shape index (κ1) is 20.1. The first-order chi connectivity index (χ1) is 13.2. The molecule has 0 aliphatic rings. The number of aromatic nitrogens is 2. The summed E-state index contributed by atoms with van der Waals surface area (Å²) in [4.78, 5) is 48.0. The zero-order valence-electron chi connectivity index (χ0n) is 14.6. The van der Waals surface area contributed by atoms with Gasteiger partial charge in [-0.3, -0.25) is 18.7 Å². The Morgan fingerprint density at radius 1 is 1.14 bits per heavy atom. The van der Waals surface area contributed by atoms with E-state index in [1.165, 1.54) is 14.1 Å². The topological polar surface area (TPSA) is 99.4 Å². The fourth-order valence-electron chi connectivity index (χ4n) is 2.40. The van der Waals surface area contributed by atoms with Gasteiger partial charge in [-0.25, -0.2) is 9.59 Å². The molecular weight excluding hydrogens is 429 g/mol. The maximum absolute atomic E-state index is 12.3. The van der Waals surface area contributed by atoms with Gasteiger partial charge in [0, 0.05) is 35.3 Å². The molecule has 2 aromatic heterocycles. The summed E-state index contributed by atoms with van der Waals surface area (Å²) in [6, 6.07) is 6.11. The molecule has 0 fully saturated rings. The van der Waals surface area contributed by atoms with Gasteiger partial charge in [-0.05, 0) is 12.1 Å². The van der Waals surface area contributed by atoms with E-state index in [1.807, 2.05) is 0 Å². The van der Waals surface area contributed by atoms with Gasteiger partial charge in [-0.2, -0.15) is 0 Å². The minimum absolute atomic E-state index is 0.0105. The minimum atomic E-state index is -0.768. The average Bonchev–Trinajstić information content (AvgIpc) is 2.98. The minimum Gasteiger partial charge on any atom is -0.451 e. The molecular formula is C17H13Cl2N3O5S. The van der Waals surface area contributed by atoms with Crippen LogP contribution in [0.25, 0.3) is 10.1 Å². The molecule has 0 saturated heterocycles. The van der Waals surface area contributed by atoms with Crippen molar-refractivity contribution in [3.8, 4) is 0 Å². The van der Waals surface area contributed by atoms with E-state index in [9.17, 15) is 19.2 Å². The highest BCUT2D eigenvalue weighted by atomic mass is 35.5. The zero-order chi connectivity index (χ0) is 20.6. The van der Waals surface area contributed by atoms with Gasteiger partial charge in [0.1, 0.15) is 10.7 Å². The van der Waals surface area contributed by atoms with E-state index in [4.69, 9.17) is 27.9 Å². The summed E-state index contributed by atoms with van der Waals surface area (Å²) in [6.07, 6.45) is 0. The van der Waals surface area contributed by atoms with Crippen molar-refractivity contribution in [2.75, 3.05) is 11.9 Å². The van der Waals surface area contributed by atoms with E-state index in [0.29, 0.717) is 15.1 Å². The Labute approximate surface area is 171 Å². The molecule has 0 atom stereocenters. The van der Waals surface area contributed by atoms with Crippen LogP contribution in [0.2, 0.25) is 10.0 Å². The number of hydrogen-bond donors (Lipinski definition) is 1. The summed E-state index contributed by atoms with van der Waals surface area (Å²) in [5.41, 5.74) is -1.18. The summed E-state index contributed by atoms with van der Waals surface area (Å²) in [6.45, 7) is -0.617. The summed E-state index contributed by atoms with van der Waals surface area (Å²) in [7, 11) is 2.71. The first-order valence-electron chi connectivity index (χ1n) is 7.80. The number of fused-ring (bicyclic) bond motifs is 1. The zero-order valence-corrected chi connectivity index (χ0v) is 16.9. The van der Waals surface area contributed by atoms with E-state index in [1.54, 1.807) is 18.2 Å². The Morgan fingerprint density at radius 2 is 1.86 bits per heavy atom. The van der Waals surface area contributed by atoms with Gasteiger partial charge in [-0.15, -0.1) is 11.3 Å². The Kier molecular flexibility index (Phi) is 5.59. The standard InChI is InChI=1S/C17H13Cl2N3O5S/c1-21-11(6-13(24)22(2)17(21)26)20-12(23)7-27-16(25)15-14(19)9-4-3-8(18)5-10(9)28-15/h3-6H,7H2,1-2H3,(H,20,23). The number of amides is 1. The fraction of sp³-hybridized carbons (Fsp3) is 0.176. The van der Waals surface area contributed by atoms with Crippen LogP contribution in [0.5, 0.6) is 0 Å². The lowest BCUT2D eigenvalue weighted by Crippen LogP contribution is -2.38. The van der Waals surface area contributed by atoms with Crippen molar-refractivity contribution in [1.82, 2.24) is 9.13 Å². The lowest BCUT2D eigenvalue weighted by Gasteiger charge is -2.10. The van der Waals surface area contributed by atoms with Gasteiger partial charge < -0.3 is 10.1 Å². The Morgan fingerprint density at radius 3 is 2.57 bits per heavy atom. The third-order valence-corrected chi connectivity index (χ3v) is 5.78. The van der Waals surface area contributed by atoms with E-state index in [-0.39, 0.29) is 15.7 Å². The molecule has 2 heterocycles. The van der Waals surface area contributed by atoms with Gasteiger partial charge in [0.05, 0.1) is 5.02 Å². The van der Waals surface area contributed by atoms with Crippen LogP contribution in [0.1, 0.15) is 9.67 Å². The predicted octanol–water partition coefficient (Wildman–Crippen LogP) is 2.40. The lowest BCUT2D eigenvalue weighted by atomic mass is 10.2. The SMILES string of the molecule is Cn1c(NC(=O)COC(=O)c2sc3cc(Cl)ccc3c2Cl)cc(=O)n(C)c1=O. The lowest BCUT2D eigenvalue weighted by molar-refractivity contribution is -0.119. The maximum Gasteiger partial charge on any atom is 0.350 e. The smallest absolute Gasteiger partial charge is 0.350 e. The van der Waals surface area contributed by atoms with Crippen LogP contribution in [0, 0.1) is 0 Å². The van der Waals surface area contributed by atoms with Gasteiger partial charge in [0.25, 0.3) is 11.5 Å². The number of carbonyl (C=O) groups excluding carboxylic acids is 2. The molecule has 146 valence electrons. The Hall–Kier alpha value is -2.62. The molecule has 3 aromatic rings. The summed E-state index contributed by atoms with van der Waals surface area (Å²) >= 11 is 13.2. The van der Waals surface area contributed by atoms with Gasteiger partial charge >= 0.3 is 11.7 Å². The van der Waals surface area contributed by atoms with Crippen LogP contribution in [-0.2, 0) is 23.6 Å². The molecule has 0 spiro atoms. The first-order valence-corrected chi connectivity index (χ1v) is 9.38. The number of nitrogens with one attached hydrogen (secondary N) is 1. The molecule has 1 N–H and O–H groups in total. The second kappa shape index (κ2) is 7.78. The second-order valence-corrected chi connectivity index (χ2v) is 7.64. The number of carbonyl (C=O) groups is 2. The number of anilines is 1. The summed E-state index contributed by atoms with van der Waals surface area (Å²) < 4.78 is 7.70. The van der Waals surface area contributed by atoms with Gasteiger partial charge in [0.15, 0.2) is 6.61 Å². The third kappa shape index (κ3) is 3.82. The number of thiophene rings is 1. The van der Waals surface area contributed by atoms with Crippen molar-refractivity contribution >= 4 is 62.3 Å². The molecule has 0 radical (unpaired) electrons. The number of esters is 1. The molecule has 0 bridgehead atoms. The molecule has 28 heavy (non-hydrogen) atoms. The number of hydrogen-bond acceptors (Lipinski definition) is 6. The molecule has 0 saturated carbocycles. The van der Waals surface area contributed by atoms with E-state index >= 15 is 0 Å². The van der Waals surface area contributed by atoms with Crippen molar-refractivity contribution in [3.63, 3.8) is 0 Å². The quantitative estimate of drug-likeness (QED) is 0.626. The molecule has 1 amide bonds. The van der Waals surface area contributed by atoms with E-state index < -0.39 is 29.7 Å². The normalized spacial score (nSPS) is 10.9. The van der Waals surface area contributed by atoms with Crippen molar-refractivity contribution in [2.45, 2.75) is 0 Å². The molecule has 0 aliphatic carbocycles. The fourth-order valence-corrected chi connectivity index (χ4v) is 4.08. The van der Waals surface area contributed by atoms with Crippen molar-refractivity contribution in [1.29, 1.82) is 0 Å². The number of halogens is 2. The van der Waals surface area contributed by atoms with E-state index in [0.717, 1.165) is 26.5 Å². The summed E-state index contributed by atoms with van der Waals surface area (Å²) in [5, 5.41) is 3.74. The molecule has 11 heteroatoms. The number of ether oxygens (including phenoxy) is 1.